The summed E-state index contributed by atoms with van der Waals surface area (Å²) in [6, 6.07) is 2.02. The van der Waals surface area contributed by atoms with Gasteiger partial charge in [0.2, 0.25) is 10.0 Å². The second-order valence-electron chi connectivity index (χ2n) is 4.82. The second-order valence-corrected chi connectivity index (χ2v) is 6.65. The van der Waals surface area contributed by atoms with E-state index >= 15 is 0 Å². The van der Waals surface area contributed by atoms with Crippen molar-refractivity contribution < 1.29 is 17.2 Å². The molecule has 0 saturated heterocycles. The van der Waals surface area contributed by atoms with Gasteiger partial charge in [-0.2, -0.15) is 0 Å². The summed E-state index contributed by atoms with van der Waals surface area (Å²) >= 11 is 0. The Bertz CT molecular complexity index is 562. The summed E-state index contributed by atoms with van der Waals surface area (Å²) in [5.74, 6) is -0.882. The van der Waals surface area contributed by atoms with Gasteiger partial charge in [0, 0.05) is 18.2 Å². The third-order valence-electron chi connectivity index (χ3n) is 2.91. The van der Waals surface area contributed by atoms with Gasteiger partial charge in [-0.25, -0.2) is 21.9 Å². The Kier molecular flexibility index (Phi) is 6.04. The van der Waals surface area contributed by atoms with Crippen LogP contribution < -0.4 is 10.0 Å². The summed E-state index contributed by atoms with van der Waals surface area (Å²) in [7, 11) is -3.18. The first-order chi connectivity index (χ1) is 9.20. The van der Waals surface area contributed by atoms with Gasteiger partial charge in [-0.1, -0.05) is 0 Å². The van der Waals surface area contributed by atoms with Gasteiger partial charge >= 0.3 is 0 Å². The van der Waals surface area contributed by atoms with E-state index in [1.165, 1.54) is 19.1 Å². The average Bonchev–Trinajstić information content (AvgIpc) is 2.31. The number of hydrogen-bond acceptors (Lipinski definition) is 3. The zero-order chi connectivity index (χ0) is 15.3. The zero-order valence-corrected chi connectivity index (χ0v) is 12.7. The van der Waals surface area contributed by atoms with Crippen LogP contribution in [0.4, 0.5) is 8.78 Å². The Hall–Kier alpha value is -1.05. The smallest absolute Gasteiger partial charge is 0.208 e. The molecule has 1 aromatic rings. The molecule has 0 aromatic heterocycles. The van der Waals surface area contributed by atoms with Crippen molar-refractivity contribution in [1.82, 2.24) is 10.0 Å². The Labute approximate surface area is 118 Å². The van der Waals surface area contributed by atoms with Crippen molar-refractivity contribution in [2.45, 2.75) is 26.3 Å². The molecule has 0 heterocycles. The summed E-state index contributed by atoms with van der Waals surface area (Å²) in [6.45, 7) is 4.05. The van der Waals surface area contributed by atoms with Crippen LogP contribution in [-0.4, -0.2) is 27.8 Å². The lowest BCUT2D eigenvalue weighted by Crippen LogP contribution is -2.27. The van der Waals surface area contributed by atoms with Crippen LogP contribution >= 0.6 is 0 Å². The first kappa shape index (κ1) is 17.0. The fraction of sp³-hybridized carbons (Fsp3) is 0.538. The number of nitrogens with one attached hydrogen (secondary N) is 2. The molecule has 0 aliphatic carbocycles. The topological polar surface area (TPSA) is 58.2 Å². The Morgan fingerprint density at radius 3 is 2.45 bits per heavy atom. The van der Waals surface area contributed by atoms with E-state index < -0.39 is 21.7 Å². The SMILES string of the molecule is Cc1cc(F)c(C(C)NCCCNS(C)(=O)=O)cc1F. The van der Waals surface area contributed by atoms with Crippen LogP contribution in [0.3, 0.4) is 0 Å². The molecule has 1 unspecified atom stereocenters. The van der Waals surface area contributed by atoms with Gasteiger partial charge in [-0.3, -0.25) is 0 Å². The maximum absolute atomic E-state index is 13.7. The monoisotopic (exact) mass is 306 g/mol. The van der Waals surface area contributed by atoms with Crippen LogP contribution in [0.2, 0.25) is 0 Å². The molecule has 114 valence electrons. The minimum absolute atomic E-state index is 0.268. The van der Waals surface area contributed by atoms with Crippen molar-refractivity contribution in [1.29, 1.82) is 0 Å². The van der Waals surface area contributed by atoms with Crippen LogP contribution in [0.25, 0.3) is 0 Å². The summed E-state index contributed by atoms with van der Waals surface area (Å²) in [5, 5.41) is 3.03. The Morgan fingerprint density at radius 1 is 1.20 bits per heavy atom. The van der Waals surface area contributed by atoms with Crippen LogP contribution in [-0.2, 0) is 10.0 Å². The normalized spacial score (nSPS) is 13.4. The van der Waals surface area contributed by atoms with Crippen molar-refractivity contribution in [2.75, 3.05) is 19.3 Å². The molecule has 7 heteroatoms. The van der Waals surface area contributed by atoms with Gasteiger partial charge in [0.05, 0.1) is 6.26 Å². The van der Waals surface area contributed by atoms with Gasteiger partial charge in [0.25, 0.3) is 0 Å². The van der Waals surface area contributed by atoms with Gasteiger partial charge < -0.3 is 5.32 Å². The molecule has 0 radical (unpaired) electrons. The standard InChI is InChI=1S/C13H20F2N2O2S/c1-9-7-13(15)11(8-12(9)14)10(2)16-5-4-6-17-20(3,18)19/h7-8,10,16-17H,4-6H2,1-3H3. The first-order valence-corrected chi connectivity index (χ1v) is 8.23. The molecule has 4 nitrogen and oxygen atoms in total. The van der Waals surface area contributed by atoms with E-state index in [0.717, 1.165) is 6.26 Å². The minimum Gasteiger partial charge on any atom is -0.310 e. The van der Waals surface area contributed by atoms with Crippen LogP contribution in [0, 0.1) is 18.6 Å². The number of aryl methyl sites for hydroxylation is 1. The minimum atomic E-state index is -3.18. The fourth-order valence-corrected chi connectivity index (χ4v) is 2.28. The predicted octanol–water partition coefficient (Wildman–Crippen LogP) is 1.86. The molecule has 0 bridgehead atoms. The molecular formula is C13H20F2N2O2S. The Morgan fingerprint density at radius 2 is 1.85 bits per heavy atom. The summed E-state index contributed by atoms with van der Waals surface area (Å²) < 4.78 is 51.2. The first-order valence-electron chi connectivity index (χ1n) is 6.34. The lowest BCUT2D eigenvalue weighted by molar-refractivity contribution is 0.509. The maximum atomic E-state index is 13.7. The van der Waals surface area contributed by atoms with E-state index in [-0.39, 0.29) is 17.2 Å². The molecule has 2 N–H and O–H groups in total. The van der Waals surface area contributed by atoms with E-state index in [2.05, 4.69) is 10.0 Å². The van der Waals surface area contributed by atoms with Gasteiger partial charge in [0.15, 0.2) is 0 Å². The van der Waals surface area contributed by atoms with E-state index in [4.69, 9.17) is 0 Å². The quantitative estimate of drug-likeness (QED) is 0.756. The molecule has 20 heavy (non-hydrogen) atoms. The van der Waals surface area contributed by atoms with Gasteiger partial charge in [-0.05, 0) is 44.5 Å². The molecule has 0 spiro atoms. The van der Waals surface area contributed by atoms with Crippen molar-refractivity contribution in [3.8, 4) is 0 Å². The molecular weight excluding hydrogens is 286 g/mol. The van der Waals surface area contributed by atoms with Gasteiger partial charge in [-0.15, -0.1) is 0 Å². The molecule has 0 fully saturated rings. The highest BCUT2D eigenvalue weighted by atomic mass is 32.2. The molecule has 1 atom stereocenters. The number of halogens is 2. The van der Waals surface area contributed by atoms with E-state index in [0.29, 0.717) is 19.5 Å². The average molecular weight is 306 g/mol. The highest BCUT2D eigenvalue weighted by Crippen LogP contribution is 2.20. The van der Waals surface area contributed by atoms with Crippen molar-refractivity contribution in [3.05, 3.63) is 34.9 Å². The molecule has 0 aliphatic rings. The lowest BCUT2D eigenvalue weighted by Gasteiger charge is -2.16. The molecule has 1 rings (SSSR count). The second kappa shape index (κ2) is 7.10. The molecule has 0 aliphatic heterocycles. The highest BCUT2D eigenvalue weighted by Gasteiger charge is 2.13. The van der Waals surface area contributed by atoms with E-state index in [1.807, 2.05) is 0 Å². The number of hydrogen-bond donors (Lipinski definition) is 2. The predicted molar refractivity (Wildman–Crippen MR) is 75.0 cm³/mol. The maximum Gasteiger partial charge on any atom is 0.208 e. The van der Waals surface area contributed by atoms with E-state index in [1.54, 1.807) is 6.92 Å². The fourth-order valence-electron chi connectivity index (χ4n) is 1.77. The molecule has 0 saturated carbocycles. The van der Waals surface area contributed by atoms with E-state index in [9.17, 15) is 17.2 Å². The van der Waals surface area contributed by atoms with Crippen LogP contribution in [0.15, 0.2) is 12.1 Å². The Balaban J connectivity index is 2.47. The summed E-state index contributed by atoms with van der Waals surface area (Å²) in [4.78, 5) is 0. The van der Waals surface area contributed by atoms with Crippen LogP contribution in [0.1, 0.15) is 30.5 Å². The highest BCUT2D eigenvalue weighted by molar-refractivity contribution is 7.88. The largest absolute Gasteiger partial charge is 0.310 e. The molecule has 1 aromatic carbocycles. The van der Waals surface area contributed by atoms with Crippen molar-refractivity contribution in [2.24, 2.45) is 0 Å². The molecule has 0 amide bonds. The van der Waals surface area contributed by atoms with Gasteiger partial charge in [0.1, 0.15) is 11.6 Å². The van der Waals surface area contributed by atoms with Crippen molar-refractivity contribution >= 4 is 10.0 Å². The van der Waals surface area contributed by atoms with Crippen molar-refractivity contribution in [3.63, 3.8) is 0 Å². The van der Waals surface area contributed by atoms with Crippen LogP contribution in [0.5, 0.6) is 0 Å². The third kappa shape index (κ3) is 5.52. The zero-order valence-electron chi connectivity index (χ0n) is 11.8. The number of rotatable bonds is 7. The number of sulfonamides is 1. The lowest BCUT2D eigenvalue weighted by atomic mass is 10.0. The number of benzene rings is 1. The third-order valence-corrected chi connectivity index (χ3v) is 3.64. The summed E-state index contributed by atoms with van der Waals surface area (Å²) in [6.07, 6.45) is 1.65. The summed E-state index contributed by atoms with van der Waals surface area (Å²) in [5.41, 5.74) is 0.542.